The molecule has 0 spiro atoms. The third-order valence-electron chi connectivity index (χ3n) is 6.33. The molecule has 26 heavy (non-hydrogen) atoms. The second-order valence-electron chi connectivity index (χ2n) is 8.03. The molecule has 2 fully saturated rings. The number of nitrogens with zero attached hydrogens (tertiary/aromatic N) is 3. The molecule has 0 aromatic rings. The maximum Gasteiger partial charge on any atom is 0.243 e. The minimum absolute atomic E-state index is 0.0997. The van der Waals surface area contributed by atoms with E-state index >= 15 is 0 Å². The Morgan fingerprint density at radius 1 is 1.04 bits per heavy atom. The van der Waals surface area contributed by atoms with E-state index in [9.17, 15) is 8.42 Å². The van der Waals surface area contributed by atoms with Gasteiger partial charge in [-0.1, -0.05) is 13.0 Å². The van der Waals surface area contributed by atoms with E-state index in [1.165, 1.54) is 25.9 Å². The molecule has 3 aliphatic heterocycles. The first-order valence-electron chi connectivity index (χ1n) is 9.90. The summed E-state index contributed by atoms with van der Waals surface area (Å²) in [6, 6.07) is 0.544. The highest BCUT2D eigenvalue weighted by atomic mass is 32.2. The fraction of sp³-hybridized carbons (Fsp3) is 0.650. The van der Waals surface area contributed by atoms with Gasteiger partial charge in [-0.3, -0.25) is 4.99 Å². The highest BCUT2D eigenvalue weighted by Gasteiger charge is 2.35. The molecule has 5 nitrogen and oxygen atoms in total. The summed E-state index contributed by atoms with van der Waals surface area (Å²) in [6.45, 7) is 5.93. The molecule has 1 unspecified atom stereocenters. The summed E-state index contributed by atoms with van der Waals surface area (Å²) in [5.41, 5.74) is 0.898. The summed E-state index contributed by atoms with van der Waals surface area (Å²) in [5.74, 6) is 0.931. The van der Waals surface area contributed by atoms with Gasteiger partial charge in [0.05, 0.1) is 4.91 Å². The fourth-order valence-corrected chi connectivity index (χ4v) is 6.32. The molecule has 1 aliphatic carbocycles. The average Bonchev–Trinajstić information content (AvgIpc) is 2.68. The van der Waals surface area contributed by atoms with Crippen LogP contribution in [0.1, 0.15) is 39.0 Å². The van der Waals surface area contributed by atoms with Crippen LogP contribution in [0.5, 0.6) is 0 Å². The van der Waals surface area contributed by atoms with Gasteiger partial charge in [-0.15, -0.1) is 0 Å². The standard InChI is InChI=1S/C20H29N3O2S/c1-16-6-11-22(12-7-16)18-8-13-23(14-9-18)26(24,25)20-4-2-3-17-15-21-10-5-19(17)20/h2,4-5,10,15-18H,3,6-9,11-14H2,1H3. The zero-order chi connectivity index (χ0) is 18.1. The number of likely N-dealkylation sites (tertiary alicyclic amines) is 1. The third kappa shape index (κ3) is 3.47. The molecule has 4 aliphatic rings. The van der Waals surface area contributed by atoms with Crippen LogP contribution in [0.4, 0.5) is 0 Å². The lowest BCUT2D eigenvalue weighted by Crippen LogP contribution is -2.49. The first kappa shape index (κ1) is 18.1. The molecular formula is C20H29N3O2S. The summed E-state index contributed by atoms with van der Waals surface area (Å²) in [7, 11) is -3.42. The van der Waals surface area contributed by atoms with E-state index in [0.717, 1.165) is 30.8 Å². The van der Waals surface area contributed by atoms with Gasteiger partial charge in [-0.25, -0.2) is 8.42 Å². The Morgan fingerprint density at radius 2 is 1.77 bits per heavy atom. The number of hydrogen-bond acceptors (Lipinski definition) is 4. The molecule has 2 saturated heterocycles. The number of piperidine rings is 2. The normalized spacial score (nSPS) is 29.3. The van der Waals surface area contributed by atoms with E-state index in [1.807, 2.05) is 18.4 Å². The number of allylic oxidation sites excluding steroid dienone is 4. The monoisotopic (exact) mass is 375 g/mol. The van der Waals surface area contributed by atoms with Gasteiger partial charge in [-0.05, 0) is 68.8 Å². The lowest BCUT2D eigenvalue weighted by molar-refractivity contribution is 0.101. The molecule has 0 saturated carbocycles. The summed E-state index contributed by atoms with van der Waals surface area (Å²) in [4.78, 5) is 7.23. The molecule has 0 amide bonds. The van der Waals surface area contributed by atoms with E-state index < -0.39 is 10.0 Å². The molecule has 0 aromatic carbocycles. The predicted molar refractivity (Wildman–Crippen MR) is 105 cm³/mol. The van der Waals surface area contributed by atoms with Crippen LogP contribution < -0.4 is 0 Å². The zero-order valence-electron chi connectivity index (χ0n) is 15.5. The predicted octanol–water partition coefficient (Wildman–Crippen LogP) is 2.94. The molecule has 0 radical (unpaired) electrons. The number of aliphatic imine (C=N–C) groups is 1. The molecule has 1 atom stereocenters. The van der Waals surface area contributed by atoms with Crippen molar-refractivity contribution in [3.8, 4) is 0 Å². The van der Waals surface area contributed by atoms with Crippen molar-refractivity contribution in [2.24, 2.45) is 16.8 Å². The fourth-order valence-electron chi connectivity index (χ4n) is 4.57. The molecule has 4 rings (SSSR count). The minimum Gasteiger partial charge on any atom is -0.300 e. The first-order chi connectivity index (χ1) is 12.6. The smallest absolute Gasteiger partial charge is 0.243 e. The van der Waals surface area contributed by atoms with E-state index in [2.05, 4.69) is 16.8 Å². The Kier molecular flexibility index (Phi) is 5.17. The number of rotatable bonds is 3. The van der Waals surface area contributed by atoms with Crippen LogP contribution in [0.15, 0.2) is 39.9 Å². The van der Waals surface area contributed by atoms with Crippen LogP contribution in [-0.4, -0.2) is 56.1 Å². The highest BCUT2D eigenvalue weighted by molar-refractivity contribution is 7.93. The molecule has 0 N–H and O–H groups in total. The van der Waals surface area contributed by atoms with Crippen LogP contribution in [0.3, 0.4) is 0 Å². The first-order valence-corrected chi connectivity index (χ1v) is 11.3. The molecule has 142 valence electrons. The Bertz CT molecular complexity index is 750. The average molecular weight is 376 g/mol. The number of hydrogen-bond donors (Lipinski definition) is 0. The Morgan fingerprint density at radius 3 is 2.50 bits per heavy atom. The third-order valence-corrected chi connectivity index (χ3v) is 8.30. The van der Waals surface area contributed by atoms with Crippen LogP contribution in [0, 0.1) is 11.8 Å². The van der Waals surface area contributed by atoms with Crippen molar-refractivity contribution >= 4 is 16.2 Å². The molecule has 0 bridgehead atoms. The van der Waals surface area contributed by atoms with Crippen LogP contribution in [0.2, 0.25) is 0 Å². The van der Waals surface area contributed by atoms with E-state index in [-0.39, 0.29) is 5.92 Å². The maximum absolute atomic E-state index is 13.2. The lowest BCUT2D eigenvalue weighted by Gasteiger charge is -2.41. The zero-order valence-corrected chi connectivity index (χ0v) is 16.4. The maximum atomic E-state index is 13.2. The highest BCUT2D eigenvalue weighted by Crippen LogP contribution is 2.33. The molecule has 3 heterocycles. The Labute approximate surface area is 157 Å². The SMILES string of the molecule is CC1CCN(C2CCN(S(=O)(=O)C3=C4C=CN=CC4CC=C3)CC2)CC1. The van der Waals surface area contributed by atoms with Gasteiger partial charge in [0.1, 0.15) is 0 Å². The van der Waals surface area contributed by atoms with Crippen LogP contribution in [0.25, 0.3) is 0 Å². The lowest BCUT2D eigenvalue weighted by atomic mass is 9.91. The van der Waals surface area contributed by atoms with E-state index in [4.69, 9.17) is 0 Å². The van der Waals surface area contributed by atoms with Gasteiger partial charge in [0.25, 0.3) is 0 Å². The summed E-state index contributed by atoms with van der Waals surface area (Å²) in [6.07, 6.45) is 14.4. The van der Waals surface area contributed by atoms with Crippen molar-refractivity contribution in [1.82, 2.24) is 9.21 Å². The summed E-state index contributed by atoms with van der Waals surface area (Å²) in [5, 5.41) is 0. The summed E-state index contributed by atoms with van der Waals surface area (Å²) < 4.78 is 28.2. The molecule has 0 aromatic heterocycles. The Hall–Kier alpha value is -1.24. The number of sulfonamides is 1. The van der Waals surface area contributed by atoms with Gasteiger partial charge in [0.2, 0.25) is 10.0 Å². The van der Waals surface area contributed by atoms with Gasteiger partial charge in [0, 0.05) is 37.5 Å². The molecular weight excluding hydrogens is 346 g/mol. The van der Waals surface area contributed by atoms with Gasteiger partial charge >= 0.3 is 0 Å². The second kappa shape index (κ2) is 7.41. The van der Waals surface area contributed by atoms with Crippen molar-refractivity contribution < 1.29 is 8.42 Å². The van der Waals surface area contributed by atoms with E-state index in [0.29, 0.717) is 24.0 Å². The van der Waals surface area contributed by atoms with Gasteiger partial charge in [0.15, 0.2) is 0 Å². The van der Waals surface area contributed by atoms with Crippen molar-refractivity contribution in [1.29, 1.82) is 0 Å². The second-order valence-corrected chi connectivity index (χ2v) is 9.94. The van der Waals surface area contributed by atoms with E-state index in [1.54, 1.807) is 16.6 Å². The van der Waals surface area contributed by atoms with Crippen molar-refractivity contribution in [2.75, 3.05) is 26.2 Å². The van der Waals surface area contributed by atoms with Crippen LogP contribution in [-0.2, 0) is 10.0 Å². The van der Waals surface area contributed by atoms with Gasteiger partial charge < -0.3 is 4.90 Å². The van der Waals surface area contributed by atoms with Gasteiger partial charge in [-0.2, -0.15) is 4.31 Å². The van der Waals surface area contributed by atoms with Crippen molar-refractivity contribution in [2.45, 2.75) is 45.1 Å². The van der Waals surface area contributed by atoms with Crippen molar-refractivity contribution in [3.05, 3.63) is 34.9 Å². The topological polar surface area (TPSA) is 53.0 Å². The van der Waals surface area contributed by atoms with Crippen LogP contribution >= 0.6 is 0 Å². The summed E-state index contributed by atoms with van der Waals surface area (Å²) >= 11 is 0. The van der Waals surface area contributed by atoms with Crippen molar-refractivity contribution in [3.63, 3.8) is 0 Å². The minimum atomic E-state index is -3.42. The number of fused-ring (bicyclic) bond motifs is 1. The largest absolute Gasteiger partial charge is 0.300 e. The quantitative estimate of drug-likeness (QED) is 0.762. The molecule has 6 heteroatoms. The Balaban J connectivity index is 1.45.